The highest BCUT2D eigenvalue weighted by Gasteiger charge is 2.42. The van der Waals surface area contributed by atoms with Gasteiger partial charge in [-0.15, -0.1) is 0 Å². The molecule has 2 aliphatic heterocycles. The average Bonchev–Trinajstić information content (AvgIpc) is 2.67. The van der Waals surface area contributed by atoms with Crippen LogP contribution in [0.15, 0.2) is 54.6 Å². The van der Waals surface area contributed by atoms with Crippen molar-refractivity contribution in [2.75, 3.05) is 19.7 Å². The van der Waals surface area contributed by atoms with Gasteiger partial charge in [-0.25, -0.2) is 0 Å². The smallest absolute Gasteiger partial charge is 0.263 e. The number of benzene rings is 2. The van der Waals surface area contributed by atoms with E-state index in [1.807, 2.05) is 54.3 Å². The summed E-state index contributed by atoms with van der Waals surface area (Å²) in [5, 5.41) is 0. The largest absolute Gasteiger partial charge is 0.481 e. The van der Waals surface area contributed by atoms with Crippen LogP contribution in [0.4, 0.5) is 0 Å². The Balaban J connectivity index is 1.34. The van der Waals surface area contributed by atoms with Gasteiger partial charge < -0.3 is 14.4 Å². The molecule has 0 aromatic heterocycles. The van der Waals surface area contributed by atoms with Gasteiger partial charge >= 0.3 is 0 Å². The zero-order valence-corrected chi connectivity index (χ0v) is 15.2. The van der Waals surface area contributed by atoms with E-state index in [9.17, 15) is 4.79 Å². The zero-order chi connectivity index (χ0) is 18.0. The van der Waals surface area contributed by atoms with Gasteiger partial charge in [0.15, 0.2) is 6.10 Å². The van der Waals surface area contributed by atoms with Gasteiger partial charge in [-0.2, -0.15) is 0 Å². The van der Waals surface area contributed by atoms with Gasteiger partial charge in [0.05, 0.1) is 12.2 Å². The van der Waals surface area contributed by atoms with Crippen molar-refractivity contribution in [2.45, 2.75) is 37.9 Å². The monoisotopic (exact) mass is 351 g/mol. The number of carbonyl (C=O) groups is 1. The van der Waals surface area contributed by atoms with E-state index in [0.29, 0.717) is 0 Å². The van der Waals surface area contributed by atoms with Crippen molar-refractivity contribution in [3.8, 4) is 16.9 Å². The molecule has 0 radical (unpaired) electrons. The number of hydrogen-bond donors (Lipinski definition) is 0. The minimum atomic E-state index is -0.478. The van der Waals surface area contributed by atoms with E-state index < -0.39 is 6.10 Å². The van der Waals surface area contributed by atoms with Crippen molar-refractivity contribution in [2.24, 2.45) is 0 Å². The lowest BCUT2D eigenvalue weighted by Gasteiger charge is -2.47. The number of amides is 1. The molecule has 4 rings (SSSR count). The van der Waals surface area contributed by atoms with E-state index in [4.69, 9.17) is 9.47 Å². The Kier molecular flexibility index (Phi) is 4.68. The SMILES string of the molecule is C[C@H](Oc1ccc(-c2ccccc2)cc1)C(=O)N1CCC2(CCO2)CC1. The van der Waals surface area contributed by atoms with E-state index in [1.165, 1.54) is 5.56 Å². The van der Waals surface area contributed by atoms with Crippen LogP contribution in [0.2, 0.25) is 0 Å². The van der Waals surface area contributed by atoms with Gasteiger partial charge in [0, 0.05) is 13.1 Å². The van der Waals surface area contributed by atoms with E-state index in [0.717, 1.165) is 50.3 Å². The fourth-order valence-electron chi connectivity index (χ4n) is 3.79. The summed E-state index contributed by atoms with van der Waals surface area (Å²) in [5.74, 6) is 0.785. The van der Waals surface area contributed by atoms with Gasteiger partial charge in [0.1, 0.15) is 5.75 Å². The standard InChI is InChI=1S/C22H25NO3/c1-17(21(24)23-14-11-22(12-15-23)13-16-25-22)26-20-9-7-19(8-10-20)18-5-3-2-4-6-18/h2-10,17H,11-16H2,1H3/t17-/m0/s1. The summed E-state index contributed by atoms with van der Waals surface area (Å²) < 4.78 is 11.6. The number of piperidine rings is 1. The fraction of sp³-hybridized carbons (Fsp3) is 0.409. The molecule has 0 unspecified atom stereocenters. The second kappa shape index (κ2) is 7.12. The summed E-state index contributed by atoms with van der Waals surface area (Å²) in [6, 6.07) is 18.1. The summed E-state index contributed by atoms with van der Waals surface area (Å²) >= 11 is 0. The van der Waals surface area contributed by atoms with Gasteiger partial charge in [-0.3, -0.25) is 4.79 Å². The molecule has 0 aliphatic carbocycles. The fourth-order valence-corrected chi connectivity index (χ4v) is 3.79. The molecule has 2 saturated heterocycles. The number of hydrogen-bond acceptors (Lipinski definition) is 3. The molecule has 2 aromatic rings. The number of likely N-dealkylation sites (tertiary alicyclic amines) is 1. The number of carbonyl (C=O) groups excluding carboxylic acids is 1. The predicted molar refractivity (Wildman–Crippen MR) is 101 cm³/mol. The molecule has 0 saturated carbocycles. The summed E-state index contributed by atoms with van der Waals surface area (Å²) in [6.45, 7) is 4.23. The molecule has 136 valence electrons. The molecule has 4 heteroatoms. The van der Waals surface area contributed by atoms with Gasteiger partial charge in [0.25, 0.3) is 5.91 Å². The molecule has 2 fully saturated rings. The van der Waals surface area contributed by atoms with Crippen molar-refractivity contribution in [3.63, 3.8) is 0 Å². The van der Waals surface area contributed by atoms with Crippen LogP contribution in [-0.2, 0) is 9.53 Å². The minimum Gasteiger partial charge on any atom is -0.481 e. The molecule has 2 aromatic carbocycles. The van der Waals surface area contributed by atoms with Crippen LogP contribution in [-0.4, -0.2) is 42.2 Å². The van der Waals surface area contributed by atoms with Crippen molar-refractivity contribution in [3.05, 3.63) is 54.6 Å². The highest BCUT2D eigenvalue weighted by atomic mass is 16.5. The molecule has 0 bridgehead atoms. The third-order valence-corrected chi connectivity index (χ3v) is 5.57. The molecule has 26 heavy (non-hydrogen) atoms. The van der Waals surface area contributed by atoms with Crippen molar-refractivity contribution in [1.29, 1.82) is 0 Å². The molecule has 1 amide bonds. The normalized spacial score (nSPS) is 19.7. The first-order valence-corrected chi connectivity index (χ1v) is 9.40. The topological polar surface area (TPSA) is 38.8 Å². The molecular weight excluding hydrogens is 326 g/mol. The van der Waals surface area contributed by atoms with Crippen molar-refractivity contribution in [1.82, 2.24) is 4.90 Å². The van der Waals surface area contributed by atoms with Crippen LogP contribution in [0.25, 0.3) is 11.1 Å². The average molecular weight is 351 g/mol. The number of nitrogens with zero attached hydrogens (tertiary/aromatic N) is 1. The van der Waals surface area contributed by atoms with Gasteiger partial charge in [-0.05, 0) is 49.4 Å². The summed E-state index contributed by atoms with van der Waals surface area (Å²) in [6.07, 6.45) is 2.54. The zero-order valence-electron chi connectivity index (χ0n) is 15.2. The number of ether oxygens (including phenoxy) is 2. The van der Waals surface area contributed by atoms with Gasteiger partial charge in [0.2, 0.25) is 0 Å². The van der Waals surface area contributed by atoms with Gasteiger partial charge in [-0.1, -0.05) is 42.5 Å². The molecule has 4 nitrogen and oxygen atoms in total. The first-order valence-electron chi connectivity index (χ1n) is 9.40. The highest BCUT2D eigenvalue weighted by Crippen LogP contribution is 2.36. The first-order chi connectivity index (χ1) is 12.7. The Bertz CT molecular complexity index is 743. The van der Waals surface area contributed by atoms with Crippen LogP contribution < -0.4 is 4.74 Å². The van der Waals surface area contributed by atoms with Crippen molar-refractivity contribution < 1.29 is 14.3 Å². The maximum Gasteiger partial charge on any atom is 0.263 e. The van der Waals surface area contributed by atoms with Crippen LogP contribution in [0.5, 0.6) is 5.75 Å². The van der Waals surface area contributed by atoms with Crippen molar-refractivity contribution >= 4 is 5.91 Å². The molecule has 0 N–H and O–H groups in total. The Labute approximate surface area is 154 Å². The third kappa shape index (κ3) is 3.47. The minimum absolute atomic E-state index is 0.0614. The lowest BCUT2D eigenvalue weighted by molar-refractivity contribution is -0.178. The van der Waals surface area contributed by atoms with Crippen LogP contribution >= 0.6 is 0 Å². The molecule has 2 aliphatic rings. The van der Waals surface area contributed by atoms with E-state index in [1.54, 1.807) is 0 Å². The summed E-state index contributed by atoms with van der Waals surface area (Å²) in [4.78, 5) is 14.6. The Morgan fingerprint density at radius 3 is 2.19 bits per heavy atom. The van der Waals surface area contributed by atoms with E-state index in [2.05, 4.69) is 12.1 Å². The summed E-state index contributed by atoms with van der Waals surface area (Å²) in [5.41, 5.74) is 2.37. The lowest BCUT2D eigenvalue weighted by Crippen LogP contribution is -2.55. The van der Waals surface area contributed by atoms with E-state index >= 15 is 0 Å². The number of rotatable bonds is 4. The van der Waals surface area contributed by atoms with Crippen LogP contribution in [0, 0.1) is 0 Å². The second-order valence-electron chi connectivity index (χ2n) is 7.26. The van der Waals surface area contributed by atoms with Crippen LogP contribution in [0.1, 0.15) is 26.2 Å². The molecule has 1 atom stereocenters. The molecule has 1 spiro atoms. The third-order valence-electron chi connectivity index (χ3n) is 5.57. The second-order valence-corrected chi connectivity index (χ2v) is 7.26. The Morgan fingerprint density at radius 2 is 1.62 bits per heavy atom. The van der Waals surface area contributed by atoms with E-state index in [-0.39, 0.29) is 11.5 Å². The first kappa shape index (κ1) is 17.1. The molecular formula is C22H25NO3. The predicted octanol–water partition coefficient (Wildman–Crippen LogP) is 3.90. The Morgan fingerprint density at radius 1 is 1.00 bits per heavy atom. The Hall–Kier alpha value is -2.33. The molecule has 2 heterocycles. The van der Waals surface area contributed by atoms with Crippen LogP contribution in [0.3, 0.4) is 0 Å². The highest BCUT2D eigenvalue weighted by molar-refractivity contribution is 5.81. The maximum atomic E-state index is 12.7. The lowest BCUT2D eigenvalue weighted by atomic mass is 9.84. The quantitative estimate of drug-likeness (QED) is 0.838. The maximum absolute atomic E-state index is 12.7. The summed E-state index contributed by atoms with van der Waals surface area (Å²) in [7, 11) is 0.